The number of hydrogen-bond donors (Lipinski definition) is 3. The molecule has 0 unspecified atom stereocenters. The number of nitrogens with zero attached hydrogens (tertiary/aromatic N) is 1. The van der Waals surface area contributed by atoms with Gasteiger partial charge in [0.2, 0.25) is 5.91 Å². The maximum atomic E-state index is 13.8. The van der Waals surface area contributed by atoms with Gasteiger partial charge < -0.3 is 25.3 Å². The van der Waals surface area contributed by atoms with E-state index in [9.17, 15) is 18.0 Å². The Morgan fingerprint density at radius 2 is 1.70 bits per heavy atom. The van der Waals surface area contributed by atoms with Gasteiger partial charge in [-0.15, -0.1) is 6.58 Å². The first-order chi connectivity index (χ1) is 25.6. The molecule has 0 saturated heterocycles. The van der Waals surface area contributed by atoms with Gasteiger partial charge in [0.15, 0.2) is 0 Å². The normalized spacial score (nSPS) is 22.1. The lowest BCUT2D eigenvalue weighted by Crippen LogP contribution is -2.54. The van der Waals surface area contributed by atoms with E-state index in [1.807, 2.05) is 84.9 Å². The standard InChI is InChI=1S/C41H40N4O7S/c1-3-28-24-41(28,40(47)45-53(48,49)32-16-10-15-30(19-32)51-25-26-11-6-4-7-12-26)44-39(46)34-20-31(21-35(34)42)52-38-23-36(27-13-8-5-9-14-27)43-37-22-29(50-2)17-18-33(37)38/h3-19,22-23,28,31,34-35H,1,20-21,24-25,42H2,2H3,(H,44,46)(H,45,47)/t28-,31-,34-,35+,41-/m1/s1. The topological polar surface area (TPSA) is 159 Å². The second-order valence-electron chi connectivity index (χ2n) is 13.4. The zero-order chi connectivity index (χ0) is 37.2. The molecular formula is C41H40N4O7S. The minimum absolute atomic E-state index is 0.149. The third-order valence-electron chi connectivity index (χ3n) is 9.89. The van der Waals surface area contributed by atoms with E-state index in [1.54, 1.807) is 19.3 Å². The van der Waals surface area contributed by atoms with Gasteiger partial charge in [-0.1, -0.05) is 72.8 Å². The molecule has 4 N–H and O–H groups in total. The Morgan fingerprint density at radius 3 is 2.42 bits per heavy atom. The minimum atomic E-state index is -4.32. The lowest BCUT2D eigenvalue weighted by Gasteiger charge is -2.22. The average molecular weight is 733 g/mol. The summed E-state index contributed by atoms with van der Waals surface area (Å²) < 4.78 is 46.8. The first-order valence-electron chi connectivity index (χ1n) is 17.3. The summed E-state index contributed by atoms with van der Waals surface area (Å²) >= 11 is 0. The number of rotatable bonds is 13. The van der Waals surface area contributed by atoms with Crippen LogP contribution < -0.4 is 30.0 Å². The molecule has 1 heterocycles. The van der Waals surface area contributed by atoms with Gasteiger partial charge >= 0.3 is 0 Å². The number of benzene rings is 4. The van der Waals surface area contributed by atoms with Crippen LogP contribution in [-0.4, -0.2) is 50.0 Å². The highest BCUT2D eigenvalue weighted by molar-refractivity contribution is 7.90. The fourth-order valence-corrected chi connectivity index (χ4v) is 7.92. The van der Waals surface area contributed by atoms with Crippen molar-refractivity contribution in [2.24, 2.45) is 17.6 Å². The van der Waals surface area contributed by atoms with Crippen LogP contribution in [-0.2, 0) is 26.2 Å². The van der Waals surface area contributed by atoms with Gasteiger partial charge in [-0.3, -0.25) is 9.59 Å². The van der Waals surface area contributed by atoms with E-state index in [4.69, 9.17) is 24.9 Å². The first-order valence-corrected chi connectivity index (χ1v) is 18.8. The van der Waals surface area contributed by atoms with Gasteiger partial charge in [-0.2, -0.15) is 0 Å². The molecule has 2 saturated carbocycles. The minimum Gasteiger partial charge on any atom is -0.497 e. The number of sulfonamides is 1. The van der Waals surface area contributed by atoms with Crippen molar-refractivity contribution in [3.63, 3.8) is 0 Å². The fraction of sp³-hybridized carbons (Fsp3) is 0.244. The molecule has 1 aromatic heterocycles. The van der Waals surface area contributed by atoms with Crippen molar-refractivity contribution in [1.29, 1.82) is 0 Å². The van der Waals surface area contributed by atoms with Crippen LogP contribution >= 0.6 is 0 Å². The molecule has 53 heavy (non-hydrogen) atoms. The van der Waals surface area contributed by atoms with Crippen LogP contribution in [0, 0.1) is 11.8 Å². The van der Waals surface area contributed by atoms with E-state index in [2.05, 4.69) is 16.6 Å². The summed E-state index contributed by atoms with van der Waals surface area (Å²) in [4.78, 5) is 32.2. The van der Waals surface area contributed by atoms with E-state index in [0.717, 1.165) is 22.2 Å². The van der Waals surface area contributed by atoms with Crippen LogP contribution in [0.3, 0.4) is 0 Å². The fourth-order valence-electron chi connectivity index (χ4n) is 6.85. The highest BCUT2D eigenvalue weighted by Gasteiger charge is 2.61. The second kappa shape index (κ2) is 14.7. The maximum absolute atomic E-state index is 13.8. The van der Waals surface area contributed by atoms with Crippen LogP contribution in [0.2, 0.25) is 0 Å². The van der Waals surface area contributed by atoms with Gasteiger partial charge in [0.1, 0.15) is 35.5 Å². The molecule has 2 aliphatic carbocycles. The zero-order valence-electron chi connectivity index (χ0n) is 29.1. The number of carbonyl (C=O) groups is 2. The molecule has 0 bridgehead atoms. The summed E-state index contributed by atoms with van der Waals surface area (Å²) in [7, 11) is -2.72. The van der Waals surface area contributed by atoms with E-state index in [0.29, 0.717) is 29.2 Å². The van der Waals surface area contributed by atoms with Gasteiger partial charge in [0, 0.05) is 47.5 Å². The Labute approximate surface area is 308 Å². The van der Waals surface area contributed by atoms with Gasteiger partial charge in [0.25, 0.3) is 15.9 Å². The molecule has 12 heteroatoms. The molecule has 5 aromatic rings. The molecule has 272 valence electrons. The Kier molecular flexibility index (Phi) is 9.91. The summed E-state index contributed by atoms with van der Waals surface area (Å²) in [6.45, 7) is 4.04. The predicted molar refractivity (Wildman–Crippen MR) is 201 cm³/mol. The van der Waals surface area contributed by atoms with Crippen LogP contribution in [0.5, 0.6) is 17.2 Å². The van der Waals surface area contributed by atoms with Crippen LogP contribution in [0.1, 0.15) is 24.8 Å². The summed E-state index contributed by atoms with van der Waals surface area (Å²) in [6.07, 6.45) is 2.00. The molecular weight excluding hydrogens is 693 g/mol. The summed E-state index contributed by atoms with van der Waals surface area (Å²) in [5.74, 6) is -0.879. The molecule has 4 aromatic carbocycles. The van der Waals surface area contributed by atoms with Crippen molar-refractivity contribution in [2.45, 2.75) is 48.4 Å². The van der Waals surface area contributed by atoms with E-state index < -0.39 is 51.4 Å². The molecule has 11 nitrogen and oxygen atoms in total. The number of hydrogen-bond acceptors (Lipinski definition) is 9. The van der Waals surface area contributed by atoms with Crippen molar-refractivity contribution >= 4 is 32.7 Å². The van der Waals surface area contributed by atoms with Gasteiger partial charge in [0.05, 0.1) is 29.1 Å². The number of nitrogens with two attached hydrogens (primary N) is 1. The smallest absolute Gasteiger partial charge is 0.264 e. The average Bonchev–Trinajstić information content (AvgIpc) is 3.77. The third-order valence-corrected chi connectivity index (χ3v) is 11.2. The largest absolute Gasteiger partial charge is 0.497 e. The molecule has 2 fully saturated rings. The Balaban J connectivity index is 1.04. The van der Waals surface area contributed by atoms with Crippen molar-refractivity contribution in [3.05, 3.63) is 127 Å². The van der Waals surface area contributed by atoms with Crippen LogP contribution in [0.4, 0.5) is 0 Å². The van der Waals surface area contributed by atoms with Crippen molar-refractivity contribution in [1.82, 2.24) is 15.0 Å². The van der Waals surface area contributed by atoms with Crippen molar-refractivity contribution in [2.75, 3.05) is 7.11 Å². The number of methoxy groups -OCH3 is 1. The quantitative estimate of drug-likeness (QED) is 0.132. The molecule has 0 aliphatic heterocycles. The first kappa shape index (κ1) is 35.7. The number of amides is 2. The number of ether oxygens (including phenoxy) is 3. The molecule has 7 rings (SSSR count). The Hall–Kier alpha value is -5.72. The number of aromatic nitrogens is 1. The van der Waals surface area contributed by atoms with E-state index in [1.165, 1.54) is 18.2 Å². The van der Waals surface area contributed by atoms with Crippen molar-refractivity contribution < 1.29 is 32.2 Å². The van der Waals surface area contributed by atoms with Crippen molar-refractivity contribution in [3.8, 4) is 28.5 Å². The maximum Gasteiger partial charge on any atom is 0.264 e. The van der Waals surface area contributed by atoms with E-state index >= 15 is 0 Å². The molecule has 2 amide bonds. The summed E-state index contributed by atoms with van der Waals surface area (Å²) in [5, 5.41) is 3.63. The van der Waals surface area contributed by atoms with Crippen LogP contribution in [0.25, 0.3) is 22.2 Å². The summed E-state index contributed by atoms with van der Waals surface area (Å²) in [5.41, 5.74) is 8.29. The molecule has 0 radical (unpaired) electrons. The highest BCUT2D eigenvalue weighted by Crippen LogP contribution is 2.46. The van der Waals surface area contributed by atoms with Gasteiger partial charge in [-0.25, -0.2) is 18.1 Å². The third kappa shape index (κ3) is 7.60. The Bertz CT molecular complexity index is 2270. The van der Waals surface area contributed by atoms with E-state index in [-0.39, 0.29) is 24.3 Å². The Morgan fingerprint density at radius 1 is 0.943 bits per heavy atom. The monoisotopic (exact) mass is 732 g/mol. The number of nitrogens with one attached hydrogen (secondary N) is 2. The lowest BCUT2D eigenvalue weighted by atomic mass is 10.0. The number of pyridine rings is 1. The van der Waals surface area contributed by atoms with Crippen LogP contribution in [0.15, 0.2) is 127 Å². The molecule has 2 aliphatic rings. The number of fused-ring (bicyclic) bond motifs is 1. The van der Waals surface area contributed by atoms with Gasteiger partial charge in [-0.05, 0) is 42.7 Å². The number of carbonyl (C=O) groups excluding carboxylic acids is 2. The molecule has 0 spiro atoms. The SMILES string of the molecule is C=C[C@@H]1C[C@]1(NC(=O)[C@@H]1C[C@@H](Oc2cc(-c3ccccc3)nc3cc(OC)ccc23)C[C@@H]1N)C(=O)NS(=O)(=O)c1cccc(OCc2ccccc2)c1. The molecule has 5 atom stereocenters. The zero-order valence-corrected chi connectivity index (χ0v) is 29.9. The highest BCUT2D eigenvalue weighted by atomic mass is 32.2. The predicted octanol–water partition coefficient (Wildman–Crippen LogP) is 5.54. The lowest BCUT2D eigenvalue weighted by molar-refractivity contribution is -0.131. The second-order valence-corrected chi connectivity index (χ2v) is 15.1. The summed E-state index contributed by atoms with van der Waals surface area (Å²) in [6, 6.07) is 32.0.